The number of rotatable bonds is 1. The smallest absolute Gasteiger partial charge is 0.271 e. The zero-order valence-electron chi connectivity index (χ0n) is 7.35. The SMILES string of the molecule is Nc1nc2ccc([N+](=O)[O-])cc2nc1Br. The molecule has 0 aliphatic carbocycles. The van der Waals surface area contributed by atoms with Gasteiger partial charge in [-0.1, -0.05) is 0 Å². The van der Waals surface area contributed by atoms with E-state index in [9.17, 15) is 10.1 Å². The van der Waals surface area contributed by atoms with E-state index in [1.54, 1.807) is 0 Å². The van der Waals surface area contributed by atoms with E-state index in [2.05, 4.69) is 25.9 Å². The van der Waals surface area contributed by atoms with Crippen LogP contribution in [-0.2, 0) is 0 Å². The molecule has 2 rings (SSSR count). The summed E-state index contributed by atoms with van der Waals surface area (Å²) < 4.78 is 0.385. The van der Waals surface area contributed by atoms with Gasteiger partial charge in [-0.15, -0.1) is 0 Å². The number of benzene rings is 1. The first-order valence-corrected chi connectivity index (χ1v) is 4.74. The molecule has 2 aromatic rings. The van der Waals surface area contributed by atoms with Gasteiger partial charge in [-0.3, -0.25) is 10.1 Å². The van der Waals surface area contributed by atoms with Gasteiger partial charge in [0.05, 0.1) is 16.0 Å². The van der Waals surface area contributed by atoms with Gasteiger partial charge < -0.3 is 5.73 Å². The zero-order chi connectivity index (χ0) is 11.0. The number of nitrogen functional groups attached to an aromatic ring is 1. The molecule has 76 valence electrons. The maximum atomic E-state index is 10.5. The quantitative estimate of drug-likeness (QED) is 0.629. The van der Waals surface area contributed by atoms with E-state index >= 15 is 0 Å². The van der Waals surface area contributed by atoms with Crippen LogP contribution in [0, 0.1) is 10.1 Å². The summed E-state index contributed by atoms with van der Waals surface area (Å²) in [6.07, 6.45) is 0. The van der Waals surface area contributed by atoms with Crippen LogP contribution in [0.15, 0.2) is 22.8 Å². The van der Waals surface area contributed by atoms with Crippen LogP contribution in [0.3, 0.4) is 0 Å². The molecule has 7 heteroatoms. The van der Waals surface area contributed by atoms with Crippen LogP contribution in [0.2, 0.25) is 0 Å². The van der Waals surface area contributed by atoms with Crippen molar-refractivity contribution < 1.29 is 4.92 Å². The number of nitrogens with two attached hydrogens (primary N) is 1. The van der Waals surface area contributed by atoms with Gasteiger partial charge >= 0.3 is 0 Å². The van der Waals surface area contributed by atoms with E-state index in [0.29, 0.717) is 15.6 Å². The summed E-state index contributed by atoms with van der Waals surface area (Å²) in [6, 6.07) is 4.24. The standard InChI is InChI=1S/C8H5BrN4O2/c9-7-8(10)12-5-2-1-4(13(14)15)3-6(5)11-7/h1-3H,(H2,10,12). The van der Waals surface area contributed by atoms with E-state index in [4.69, 9.17) is 5.73 Å². The van der Waals surface area contributed by atoms with Crippen molar-refractivity contribution >= 4 is 38.5 Å². The highest BCUT2D eigenvalue weighted by Gasteiger charge is 2.09. The molecule has 0 aliphatic rings. The van der Waals surface area contributed by atoms with E-state index in [1.807, 2.05) is 0 Å². The highest BCUT2D eigenvalue weighted by atomic mass is 79.9. The molecule has 0 saturated heterocycles. The van der Waals surface area contributed by atoms with Crippen molar-refractivity contribution in [3.8, 4) is 0 Å². The highest BCUT2D eigenvalue weighted by molar-refractivity contribution is 9.10. The van der Waals surface area contributed by atoms with Gasteiger partial charge in [-0.2, -0.15) is 0 Å². The van der Waals surface area contributed by atoms with Crippen LogP contribution in [0.5, 0.6) is 0 Å². The summed E-state index contributed by atoms with van der Waals surface area (Å²) in [4.78, 5) is 18.1. The number of fused-ring (bicyclic) bond motifs is 1. The molecule has 1 aromatic carbocycles. The predicted octanol–water partition coefficient (Wildman–Crippen LogP) is 1.88. The monoisotopic (exact) mass is 268 g/mol. The van der Waals surface area contributed by atoms with Crippen molar-refractivity contribution in [2.75, 3.05) is 5.73 Å². The Labute approximate surface area is 92.4 Å². The second kappa shape index (κ2) is 3.43. The molecular weight excluding hydrogens is 264 g/mol. The Kier molecular flexibility index (Phi) is 2.24. The van der Waals surface area contributed by atoms with Crippen molar-refractivity contribution in [2.24, 2.45) is 0 Å². The number of halogens is 1. The second-order valence-electron chi connectivity index (χ2n) is 2.83. The largest absolute Gasteiger partial charge is 0.381 e. The number of anilines is 1. The van der Waals surface area contributed by atoms with Crippen molar-refractivity contribution in [2.45, 2.75) is 0 Å². The Bertz CT molecular complexity index is 558. The minimum atomic E-state index is -0.481. The first-order chi connectivity index (χ1) is 7.08. The lowest BCUT2D eigenvalue weighted by Gasteiger charge is -2.00. The molecule has 0 amide bonds. The fraction of sp³-hybridized carbons (Fsp3) is 0. The zero-order valence-corrected chi connectivity index (χ0v) is 8.93. The average molecular weight is 269 g/mol. The van der Waals surface area contributed by atoms with Gasteiger partial charge in [-0.25, -0.2) is 9.97 Å². The molecular formula is C8H5BrN4O2. The van der Waals surface area contributed by atoms with Crippen molar-refractivity contribution in [3.63, 3.8) is 0 Å². The van der Waals surface area contributed by atoms with E-state index in [0.717, 1.165) is 0 Å². The number of aromatic nitrogens is 2. The molecule has 1 heterocycles. The summed E-state index contributed by atoms with van der Waals surface area (Å²) in [5.74, 6) is 0.261. The first kappa shape index (κ1) is 9.78. The van der Waals surface area contributed by atoms with E-state index < -0.39 is 4.92 Å². The average Bonchev–Trinajstić information content (AvgIpc) is 2.19. The summed E-state index contributed by atoms with van der Waals surface area (Å²) in [7, 11) is 0. The Morgan fingerprint density at radius 1 is 1.33 bits per heavy atom. The van der Waals surface area contributed by atoms with Gasteiger partial charge in [0.1, 0.15) is 4.60 Å². The number of nitrogens with zero attached hydrogens (tertiary/aromatic N) is 3. The van der Waals surface area contributed by atoms with Crippen LogP contribution < -0.4 is 5.73 Å². The third kappa shape index (κ3) is 1.73. The Balaban J connectivity index is 2.72. The molecule has 2 N–H and O–H groups in total. The third-order valence-corrected chi connectivity index (χ3v) is 2.42. The Hall–Kier alpha value is -1.76. The molecule has 0 aliphatic heterocycles. The van der Waals surface area contributed by atoms with Crippen molar-refractivity contribution in [1.82, 2.24) is 9.97 Å². The summed E-state index contributed by atoms with van der Waals surface area (Å²) in [6.45, 7) is 0. The highest BCUT2D eigenvalue weighted by Crippen LogP contribution is 2.22. The fourth-order valence-electron chi connectivity index (χ4n) is 1.15. The molecule has 0 atom stereocenters. The second-order valence-corrected chi connectivity index (χ2v) is 3.58. The molecule has 0 radical (unpaired) electrons. The fourth-order valence-corrected chi connectivity index (χ4v) is 1.43. The van der Waals surface area contributed by atoms with Gasteiger partial charge in [0.25, 0.3) is 5.69 Å². The lowest BCUT2D eigenvalue weighted by atomic mass is 10.2. The van der Waals surface area contributed by atoms with Crippen LogP contribution in [0.25, 0.3) is 11.0 Å². The van der Waals surface area contributed by atoms with Gasteiger partial charge in [0, 0.05) is 12.1 Å². The number of hydrogen-bond acceptors (Lipinski definition) is 5. The third-order valence-electron chi connectivity index (χ3n) is 1.84. The number of hydrogen-bond donors (Lipinski definition) is 1. The molecule has 1 aromatic heterocycles. The maximum absolute atomic E-state index is 10.5. The van der Waals surface area contributed by atoms with Crippen LogP contribution in [0.4, 0.5) is 11.5 Å². The number of non-ortho nitro benzene ring substituents is 1. The molecule has 0 saturated carbocycles. The molecule has 0 unspecified atom stereocenters. The Morgan fingerprint density at radius 3 is 2.73 bits per heavy atom. The predicted molar refractivity (Wildman–Crippen MR) is 58.3 cm³/mol. The van der Waals surface area contributed by atoms with E-state index in [-0.39, 0.29) is 11.5 Å². The summed E-state index contributed by atoms with van der Waals surface area (Å²) in [5, 5.41) is 10.5. The van der Waals surface area contributed by atoms with Crippen LogP contribution >= 0.6 is 15.9 Å². The lowest BCUT2D eigenvalue weighted by molar-refractivity contribution is -0.384. The normalized spacial score (nSPS) is 10.5. The molecule has 0 bridgehead atoms. The maximum Gasteiger partial charge on any atom is 0.271 e. The summed E-state index contributed by atoms with van der Waals surface area (Å²) >= 11 is 3.11. The first-order valence-electron chi connectivity index (χ1n) is 3.95. The van der Waals surface area contributed by atoms with Crippen molar-refractivity contribution in [1.29, 1.82) is 0 Å². The van der Waals surface area contributed by atoms with Crippen molar-refractivity contribution in [3.05, 3.63) is 32.9 Å². The number of nitro groups is 1. The van der Waals surface area contributed by atoms with Crippen LogP contribution in [0.1, 0.15) is 0 Å². The molecule has 0 spiro atoms. The molecule has 0 fully saturated rings. The Morgan fingerprint density at radius 2 is 2.07 bits per heavy atom. The van der Waals surface area contributed by atoms with Gasteiger partial charge in [0.2, 0.25) is 0 Å². The summed E-state index contributed by atoms with van der Waals surface area (Å²) in [5.41, 5.74) is 6.47. The molecule has 6 nitrogen and oxygen atoms in total. The minimum absolute atomic E-state index is 0.0199. The topological polar surface area (TPSA) is 94.9 Å². The van der Waals surface area contributed by atoms with E-state index in [1.165, 1.54) is 18.2 Å². The minimum Gasteiger partial charge on any atom is -0.381 e. The molecule has 15 heavy (non-hydrogen) atoms. The lowest BCUT2D eigenvalue weighted by Crippen LogP contribution is -1.96. The number of nitro benzene ring substituents is 1. The van der Waals surface area contributed by atoms with Crippen LogP contribution in [-0.4, -0.2) is 14.9 Å². The van der Waals surface area contributed by atoms with Gasteiger partial charge in [-0.05, 0) is 22.0 Å². The van der Waals surface area contributed by atoms with Gasteiger partial charge in [0.15, 0.2) is 5.82 Å².